The van der Waals surface area contributed by atoms with Crippen LogP contribution in [0.4, 0.5) is 5.69 Å². The minimum Gasteiger partial charge on any atom is -0.346 e. The molecule has 2 aromatic rings. The summed E-state index contributed by atoms with van der Waals surface area (Å²) in [4.78, 5) is 4.82. The van der Waals surface area contributed by atoms with Crippen LogP contribution in [0.5, 0.6) is 0 Å². The molecule has 1 fully saturated rings. The molecule has 3 rings (SSSR count). The Hall–Kier alpha value is -1.91. The van der Waals surface area contributed by atoms with Crippen LogP contribution in [0, 0.1) is 6.92 Å². The topological polar surface area (TPSA) is 18.5 Å². The van der Waals surface area contributed by atoms with Gasteiger partial charge in [-0.1, -0.05) is 48.5 Å². The van der Waals surface area contributed by atoms with Gasteiger partial charge in [-0.3, -0.25) is 0 Å². The van der Waals surface area contributed by atoms with E-state index < -0.39 is 0 Å². The van der Waals surface area contributed by atoms with E-state index in [0.29, 0.717) is 6.04 Å². The van der Waals surface area contributed by atoms with E-state index in [4.69, 9.17) is 12.2 Å². The van der Waals surface area contributed by atoms with Crippen molar-refractivity contribution in [1.82, 2.24) is 9.80 Å². The van der Waals surface area contributed by atoms with Crippen molar-refractivity contribution < 1.29 is 0 Å². The Bertz CT molecular complexity index is 708. The lowest BCUT2D eigenvalue weighted by atomic mass is 10.0. The molecule has 0 atom stereocenters. The van der Waals surface area contributed by atoms with Gasteiger partial charge in [0.15, 0.2) is 5.11 Å². The summed E-state index contributed by atoms with van der Waals surface area (Å²) in [6.45, 7) is 5.35. The summed E-state index contributed by atoms with van der Waals surface area (Å²) >= 11 is 5.84. The highest BCUT2D eigenvalue weighted by Crippen LogP contribution is 2.20. The zero-order valence-corrected chi connectivity index (χ0v) is 16.6. The van der Waals surface area contributed by atoms with Crippen molar-refractivity contribution in [2.75, 3.05) is 32.0 Å². The Kier molecular flexibility index (Phi) is 6.64. The fraction of sp³-hybridized carbons (Fsp3) is 0.409. The third kappa shape index (κ3) is 5.05. The maximum Gasteiger partial charge on any atom is 0.173 e. The van der Waals surface area contributed by atoms with E-state index in [2.05, 4.69) is 83.7 Å². The molecule has 0 spiro atoms. The van der Waals surface area contributed by atoms with Crippen molar-refractivity contribution in [2.24, 2.45) is 0 Å². The minimum absolute atomic E-state index is 0.513. The highest BCUT2D eigenvalue weighted by Gasteiger charge is 2.25. The second-order valence-corrected chi connectivity index (χ2v) is 7.60. The first-order valence-corrected chi connectivity index (χ1v) is 9.90. The molecule has 1 aliphatic rings. The number of hydrogen-bond donors (Lipinski definition) is 1. The average molecular weight is 368 g/mol. The van der Waals surface area contributed by atoms with E-state index in [1.807, 2.05) is 0 Å². The fourth-order valence-electron chi connectivity index (χ4n) is 3.55. The molecule has 3 nitrogen and oxygen atoms in total. The van der Waals surface area contributed by atoms with E-state index in [1.54, 1.807) is 0 Å². The van der Waals surface area contributed by atoms with Crippen LogP contribution in [-0.2, 0) is 6.42 Å². The van der Waals surface area contributed by atoms with Gasteiger partial charge in [-0.05, 0) is 75.7 Å². The van der Waals surface area contributed by atoms with Gasteiger partial charge in [-0.25, -0.2) is 0 Å². The van der Waals surface area contributed by atoms with Gasteiger partial charge in [0.05, 0.1) is 0 Å². The van der Waals surface area contributed by atoms with Crippen molar-refractivity contribution in [3.05, 3.63) is 65.7 Å². The molecule has 0 amide bonds. The maximum absolute atomic E-state index is 5.84. The predicted molar refractivity (Wildman–Crippen MR) is 115 cm³/mol. The molecule has 2 aromatic carbocycles. The summed E-state index contributed by atoms with van der Waals surface area (Å²) in [6, 6.07) is 19.5. The predicted octanol–water partition coefficient (Wildman–Crippen LogP) is 4.33. The molecule has 0 aliphatic carbocycles. The Morgan fingerprint density at radius 3 is 2.42 bits per heavy atom. The zero-order chi connectivity index (χ0) is 18.4. The number of nitrogens with one attached hydrogen (secondary N) is 1. The average Bonchev–Trinajstić information content (AvgIpc) is 2.66. The Labute approximate surface area is 163 Å². The summed E-state index contributed by atoms with van der Waals surface area (Å²) in [5.41, 5.74) is 3.69. The van der Waals surface area contributed by atoms with E-state index >= 15 is 0 Å². The summed E-state index contributed by atoms with van der Waals surface area (Å²) in [5, 5.41) is 4.35. The third-order valence-electron chi connectivity index (χ3n) is 5.26. The lowest BCUT2D eigenvalue weighted by Crippen LogP contribution is -2.48. The number of hydrogen-bond acceptors (Lipinski definition) is 2. The number of piperidine rings is 1. The number of benzene rings is 2. The van der Waals surface area contributed by atoms with Crippen LogP contribution in [0.2, 0.25) is 0 Å². The standard InChI is InChI=1S/C22H29N3S/c1-18-8-6-7-11-21(18)23-22(26)25(20-13-15-24(2)16-14-20)17-12-19-9-4-3-5-10-19/h3-11,20H,12-17H2,1-2H3,(H,23,26). The van der Waals surface area contributed by atoms with Gasteiger partial charge in [0.2, 0.25) is 0 Å². The number of rotatable bonds is 5. The second kappa shape index (κ2) is 9.15. The van der Waals surface area contributed by atoms with Gasteiger partial charge in [-0.2, -0.15) is 0 Å². The first kappa shape index (κ1) is 18.9. The first-order valence-electron chi connectivity index (χ1n) is 9.49. The molecule has 0 unspecified atom stereocenters. The first-order chi connectivity index (χ1) is 12.6. The van der Waals surface area contributed by atoms with Crippen LogP contribution in [0.3, 0.4) is 0 Å². The molecular formula is C22H29N3S. The van der Waals surface area contributed by atoms with Crippen molar-refractivity contribution in [2.45, 2.75) is 32.2 Å². The summed E-state index contributed by atoms with van der Waals surface area (Å²) in [5.74, 6) is 0. The number of para-hydroxylation sites is 1. The molecule has 1 saturated heterocycles. The van der Waals surface area contributed by atoms with Crippen molar-refractivity contribution in [3.63, 3.8) is 0 Å². The van der Waals surface area contributed by atoms with Gasteiger partial charge in [0, 0.05) is 18.3 Å². The van der Waals surface area contributed by atoms with Crippen LogP contribution >= 0.6 is 12.2 Å². The molecule has 26 heavy (non-hydrogen) atoms. The van der Waals surface area contributed by atoms with Crippen LogP contribution in [0.1, 0.15) is 24.0 Å². The molecule has 138 valence electrons. The Balaban J connectivity index is 1.71. The van der Waals surface area contributed by atoms with Gasteiger partial charge in [-0.15, -0.1) is 0 Å². The quantitative estimate of drug-likeness (QED) is 0.793. The molecule has 1 heterocycles. The highest BCUT2D eigenvalue weighted by atomic mass is 32.1. The second-order valence-electron chi connectivity index (χ2n) is 7.21. The largest absolute Gasteiger partial charge is 0.346 e. The van der Waals surface area contributed by atoms with Crippen molar-refractivity contribution in [3.8, 4) is 0 Å². The lowest BCUT2D eigenvalue weighted by molar-refractivity contribution is 0.178. The molecular weight excluding hydrogens is 338 g/mol. The smallest absolute Gasteiger partial charge is 0.173 e. The molecule has 1 N–H and O–H groups in total. The summed E-state index contributed by atoms with van der Waals surface area (Å²) in [6.07, 6.45) is 3.35. The molecule has 0 radical (unpaired) electrons. The molecule has 1 aliphatic heterocycles. The van der Waals surface area contributed by atoms with Gasteiger partial charge < -0.3 is 15.1 Å². The number of thiocarbonyl (C=S) groups is 1. The third-order valence-corrected chi connectivity index (χ3v) is 5.60. The fourth-order valence-corrected chi connectivity index (χ4v) is 3.90. The van der Waals surface area contributed by atoms with Gasteiger partial charge in [0.25, 0.3) is 0 Å². The van der Waals surface area contributed by atoms with Crippen LogP contribution < -0.4 is 5.32 Å². The van der Waals surface area contributed by atoms with Crippen LogP contribution in [-0.4, -0.2) is 47.6 Å². The molecule has 0 saturated carbocycles. The van der Waals surface area contributed by atoms with Crippen molar-refractivity contribution in [1.29, 1.82) is 0 Å². The van der Waals surface area contributed by atoms with E-state index in [0.717, 1.165) is 36.9 Å². The van der Waals surface area contributed by atoms with Gasteiger partial charge >= 0.3 is 0 Å². The Morgan fingerprint density at radius 1 is 1.08 bits per heavy atom. The summed E-state index contributed by atoms with van der Waals surface area (Å²) < 4.78 is 0. The molecule has 0 bridgehead atoms. The maximum atomic E-state index is 5.84. The van der Waals surface area contributed by atoms with Crippen LogP contribution in [0.25, 0.3) is 0 Å². The SMILES string of the molecule is Cc1ccccc1NC(=S)N(CCc1ccccc1)C1CCN(C)CC1. The van der Waals surface area contributed by atoms with E-state index in [9.17, 15) is 0 Å². The van der Waals surface area contributed by atoms with Crippen LogP contribution in [0.15, 0.2) is 54.6 Å². The van der Waals surface area contributed by atoms with E-state index in [-0.39, 0.29) is 0 Å². The van der Waals surface area contributed by atoms with Gasteiger partial charge in [0.1, 0.15) is 0 Å². The molecule has 0 aromatic heterocycles. The number of likely N-dealkylation sites (tertiary alicyclic amines) is 1. The normalized spacial score (nSPS) is 15.6. The minimum atomic E-state index is 0.513. The lowest BCUT2D eigenvalue weighted by Gasteiger charge is -2.39. The number of nitrogens with zero attached hydrogens (tertiary/aromatic N) is 2. The zero-order valence-electron chi connectivity index (χ0n) is 15.8. The number of aryl methyl sites for hydroxylation is 1. The van der Waals surface area contributed by atoms with E-state index in [1.165, 1.54) is 24.0 Å². The monoisotopic (exact) mass is 367 g/mol. The molecule has 4 heteroatoms. The van der Waals surface area contributed by atoms with Crippen molar-refractivity contribution >= 4 is 23.0 Å². The Morgan fingerprint density at radius 2 is 1.73 bits per heavy atom. The summed E-state index contributed by atoms with van der Waals surface area (Å²) in [7, 11) is 2.20. The highest BCUT2D eigenvalue weighted by molar-refractivity contribution is 7.80. The number of anilines is 1.